The number of aromatic nitrogens is 1. The molecule has 26 heavy (non-hydrogen) atoms. The molecule has 2 amide bonds. The van der Waals surface area contributed by atoms with Crippen molar-refractivity contribution in [3.63, 3.8) is 0 Å². The van der Waals surface area contributed by atoms with Crippen LogP contribution in [0, 0.1) is 12.8 Å². The van der Waals surface area contributed by atoms with Gasteiger partial charge in [0.25, 0.3) is 5.91 Å². The predicted octanol–water partition coefficient (Wildman–Crippen LogP) is 3.59. The molecule has 140 valence electrons. The summed E-state index contributed by atoms with van der Waals surface area (Å²) in [6.45, 7) is 6.55. The Bertz CT molecular complexity index is 758. The summed E-state index contributed by atoms with van der Waals surface area (Å²) >= 11 is 1.37. The van der Waals surface area contributed by atoms with E-state index in [0.717, 1.165) is 12.1 Å². The molecule has 0 spiro atoms. The number of thiazole rings is 1. The number of hydrogen-bond acceptors (Lipinski definition) is 5. The molecule has 2 rings (SSSR count). The Morgan fingerprint density at radius 3 is 2.73 bits per heavy atom. The van der Waals surface area contributed by atoms with Crippen LogP contribution < -0.4 is 10.1 Å². The van der Waals surface area contributed by atoms with Crippen LogP contribution in [0.2, 0.25) is 0 Å². The highest BCUT2D eigenvalue weighted by Gasteiger charge is 2.20. The van der Waals surface area contributed by atoms with E-state index in [4.69, 9.17) is 4.74 Å². The molecule has 6 nitrogen and oxygen atoms in total. The zero-order chi connectivity index (χ0) is 19.1. The third kappa shape index (κ3) is 5.84. The summed E-state index contributed by atoms with van der Waals surface area (Å²) in [4.78, 5) is 31.1. The normalized spacial score (nSPS) is 10.7. The summed E-state index contributed by atoms with van der Waals surface area (Å²) in [6.07, 6.45) is 0.819. The second kappa shape index (κ2) is 9.33. The number of amides is 2. The van der Waals surface area contributed by atoms with Gasteiger partial charge in [0, 0.05) is 17.5 Å². The molecule has 1 aromatic heterocycles. The number of benzene rings is 1. The molecular formula is C19H25N3O3S. The number of hydrogen-bond donors (Lipinski definition) is 1. The van der Waals surface area contributed by atoms with E-state index in [1.807, 2.05) is 12.3 Å². The van der Waals surface area contributed by atoms with Crippen LogP contribution in [-0.2, 0) is 4.79 Å². The van der Waals surface area contributed by atoms with Gasteiger partial charge in [-0.05, 0) is 37.5 Å². The SMILES string of the molecule is COc1cccc(C(=O)N(CCC(C)C)CC(=O)Nc2nc(C)cs2)c1. The Labute approximate surface area is 158 Å². The van der Waals surface area contributed by atoms with Crippen LogP contribution in [0.5, 0.6) is 5.75 Å². The average Bonchev–Trinajstić information content (AvgIpc) is 3.02. The van der Waals surface area contributed by atoms with Gasteiger partial charge in [0.2, 0.25) is 5.91 Å². The summed E-state index contributed by atoms with van der Waals surface area (Å²) in [5, 5.41) is 5.17. The fourth-order valence-corrected chi connectivity index (χ4v) is 3.05. The van der Waals surface area contributed by atoms with Gasteiger partial charge in [-0.3, -0.25) is 9.59 Å². The van der Waals surface area contributed by atoms with E-state index in [9.17, 15) is 9.59 Å². The zero-order valence-corrected chi connectivity index (χ0v) is 16.4. The van der Waals surface area contributed by atoms with E-state index in [1.165, 1.54) is 11.3 Å². The number of ether oxygens (including phenoxy) is 1. The lowest BCUT2D eigenvalue weighted by molar-refractivity contribution is -0.116. The first-order valence-electron chi connectivity index (χ1n) is 8.54. The number of carbonyl (C=O) groups is 2. The number of nitrogens with zero attached hydrogens (tertiary/aromatic N) is 2. The number of rotatable bonds is 8. The van der Waals surface area contributed by atoms with Crippen molar-refractivity contribution in [3.8, 4) is 5.75 Å². The molecule has 0 atom stereocenters. The van der Waals surface area contributed by atoms with Gasteiger partial charge in [0.05, 0.1) is 12.8 Å². The van der Waals surface area contributed by atoms with Crippen LogP contribution in [0.1, 0.15) is 36.3 Å². The number of carbonyl (C=O) groups excluding carboxylic acids is 2. The van der Waals surface area contributed by atoms with Crippen LogP contribution in [0.15, 0.2) is 29.6 Å². The third-order valence-electron chi connectivity index (χ3n) is 3.78. The van der Waals surface area contributed by atoms with Crippen molar-refractivity contribution >= 4 is 28.3 Å². The lowest BCUT2D eigenvalue weighted by Gasteiger charge is -2.23. The Morgan fingerprint density at radius 2 is 2.12 bits per heavy atom. The molecule has 1 N–H and O–H groups in total. The summed E-state index contributed by atoms with van der Waals surface area (Å²) in [6, 6.07) is 6.97. The highest BCUT2D eigenvalue weighted by molar-refractivity contribution is 7.13. The molecule has 0 aliphatic carbocycles. The molecular weight excluding hydrogens is 350 g/mol. The zero-order valence-electron chi connectivity index (χ0n) is 15.6. The standard InChI is InChI=1S/C19H25N3O3S/c1-13(2)8-9-22(11-17(23)21-19-20-14(3)12-26-19)18(24)15-6-5-7-16(10-15)25-4/h5-7,10,12-13H,8-9,11H2,1-4H3,(H,20,21,23). The molecule has 0 unspecified atom stereocenters. The molecule has 2 aromatic rings. The quantitative estimate of drug-likeness (QED) is 0.765. The van der Waals surface area contributed by atoms with Gasteiger partial charge in [-0.2, -0.15) is 0 Å². The summed E-state index contributed by atoms with van der Waals surface area (Å²) in [5.74, 6) is 0.608. The van der Waals surface area contributed by atoms with Crippen LogP contribution in [0.25, 0.3) is 0 Å². The smallest absolute Gasteiger partial charge is 0.254 e. The molecule has 0 saturated heterocycles. The highest BCUT2D eigenvalue weighted by Crippen LogP contribution is 2.17. The van der Waals surface area contributed by atoms with E-state index in [-0.39, 0.29) is 18.4 Å². The van der Waals surface area contributed by atoms with Crippen LogP contribution in [-0.4, -0.2) is 41.9 Å². The van der Waals surface area contributed by atoms with E-state index in [2.05, 4.69) is 24.1 Å². The van der Waals surface area contributed by atoms with Crippen LogP contribution in [0.3, 0.4) is 0 Å². The monoisotopic (exact) mass is 375 g/mol. The number of aryl methyl sites for hydroxylation is 1. The molecule has 0 aliphatic rings. The minimum absolute atomic E-state index is 0.0125. The second-order valence-corrected chi connectivity index (χ2v) is 7.34. The summed E-state index contributed by atoms with van der Waals surface area (Å²) in [7, 11) is 1.56. The number of anilines is 1. The molecule has 0 radical (unpaired) electrons. The Morgan fingerprint density at radius 1 is 1.35 bits per heavy atom. The van der Waals surface area contributed by atoms with Gasteiger partial charge >= 0.3 is 0 Å². The number of methoxy groups -OCH3 is 1. The minimum Gasteiger partial charge on any atom is -0.497 e. The van der Waals surface area contributed by atoms with Crippen molar-refractivity contribution in [2.75, 3.05) is 25.5 Å². The fraction of sp³-hybridized carbons (Fsp3) is 0.421. The first kappa shape index (κ1) is 19.9. The van der Waals surface area contributed by atoms with E-state index < -0.39 is 0 Å². The molecule has 1 heterocycles. The maximum atomic E-state index is 12.9. The largest absolute Gasteiger partial charge is 0.497 e. The summed E-state index contributed by atoms with van der Waals surface area (Å²) < 4.78 is 5.19. The van der Waals surface area contributed by atoms with Crippen LogP contribution >= 0.6 is 11.3 Å². The van der Waals surface area contributed by atoms with E-state index in [0.29, 0.717) is 28.9 Å². The molecule has 7 heteroatoms. The van der Waals surface area contributed by atoms with Crippen molar-refractivity contribution in [1.82, 2.24) is 9.88 Å². The summed E-state index contributed by atoms with van der Waals surface area (Å²) in [5.41, 5.74) is 1.36. The molecule has 0 saturated carbocycles. The highest BCUT2D eigenvalue weighted by atomic mass is 32.1. The maximum absolute atomic E-state index is 12.9. The van der Waals surface area contributed by atoms with E-state index >= 15 is 0 Å². The topological polar surface area (TPSA) is 71.5 Å². The third-order valence-corrected chi connectivity index (χ3v) is 4.66. The first-order valence-corrected chi connectivity index (χ1v) is 9.42. The minimum atomic E-state index is -0.251. The van der Waals surface area contributed by atoms with Crippen molar-refractivity contribution in [2.24, 2.45) is 5.92 Å². The van der Waals surface area contributed by atoms with Gasteiger partial charge in [-0.1, -0.05) is 19.9 Å². The Balaban J connectivity index is 2.10. The second-order valence-electron chi connectivity index (χ2n) is 6.48. The fourth-order valence-electron chi connectivity index (χ4n) is 2.35. The molecule has 1 aromatic carbocycles. The number of nitrogens with one attached hydrogen (secondary N) is 1. The predicted molar refractivity (Wildman–Crippen MR) is 104 cm³/mol. The molecule has 0 fully saturated rings. The van der Waals surface area contributed by atoms with Crippen LogP contribution in [0.4, 0.5) is 5.13 Å². The average molecular weight is 375 g/mol. The Kier molecular flexibility index (Phi) is 7.15. The van der Waals surface area contributed by atoms with Crippen molar-refractivity contribution in [2.45, 2.75) is 27.2 Å². The van der Waals surface area contributed by atoms with Gasteiger partial charge in [0.15, 0.2) is 5.13 Å². The maximum Gasteiger partial charge on any atom is 0.254 e. The van der Waals surface area contributed by atoms with Crippen molar-refractivity contribution < 1.29 is 14.3 Å². The van der Waals surface area contributed by atoms with Gasteiger partial charge in [0.1, 0.15) is 12.3 Å². The van der Waals surface area contributed by atoms with Crippen molar-refractivity contribution in [3.05, 3.63) is 40.9 Å². The van der Waals surface area contributed by atoms with E-state index in [1.54, 1.807) is 36.3 Å². The lowest BCUT2D eigenvalue weighted by atomic mass is 10.1. The molecule has 0 aliphatic heterocycles. The van der Waals surface area contributed by atoms with Gasteiger partial charge in [-0.15, -0.1) is 11.3 Å². The van der Waals surface area contributed by atoms with Gasteiger partial charge < -0.3 is 15.0 Å². The van der Waals surface area contributed by atoms with Crippen molar-refractivity contribution in [1.29, 1.82) is 0 Å². The first-order chi connectivity index (χ1) is 12.4. The van der Waals surface area contributed by atoms with Gasteiger partial charge in [-0.25, -0.2) is 4.98 Å². The lowest BCUT2D eigenvalue weighted by Crippen LogP contribution is -2.39. The Hall–Kier alpha value is -2.41. The molecule has 0 bridgehead atoms.